The van der Waals surface area contributed by atoms with Crippen LogP contribution in [0.25, 0.3) is 33.5 Å². The molecule has 1 saturated heterocycles. The highest BCUT2D eigenvalue weighted by Crippen LogP contribution is 2.32. The molecule has 0 aliphatic carbocycles. The van der Waals surface area contributed by atoms with Gasteiger partial charge in [0.05, 0.1) is 41.6 Å². The SMILES string of the molecule is Cc1ccc(Oc2nc3nc(-c4ccc(-c5ccc(CN6CC(CNC(CO)(CO)CO)C6)cc5)cc4)c(Cl)cc3[nH]2)cc1C=O. The molecule has 0 radical (unpaired) electrons. The zero-order chi connectivity index (χ0) is 32.3. The first kappa shape index (κ1) is 31.8. The van der Waals surface area contributed by atoms with Gasteiger partial charge in [0, 0.05) is 37.3 Å². The number of ether oxygens (including phenoxy) is 1. The number of carbonyl (C=O) groups excluding carboxylic acids is 1. The van der Waals surface area contributed by atoms with Crippen LogP contribution in [0.5, 0.6) is 11.8 Å². The normalized spacial score (nSPS) is 14.0. The Bertz CT molecular complexity index is 1810. The van der Waals surface area contributed by atoms with Gasteiger partial charge in [0.25, 0.3) is 0 Å². The minimum atomic E-state index is -1.03. The molecule has 0 unspecified atom stereocenters. The van der Waals surface area contributed by atoms with Crippen molar-refractivity contribution in [1.82, 2.24) is 25.2 Å². The summed E-state index contributed by atoms with van der Waals surface area (Å²) in [7, 11) is 0. The van der Waals surface area contributed by atoms with E-state index in [1.807, 2.05) is 37.3 Å². The quantitative estimate of drug-likeness (QED) is 0.117. The number of H-pyrrole nitrogens is 1. The number of nitrogens with one attached hydrogen (secondary N) is 2. The summed E-state index contributed by atoms with van der Waals surface area (Å²) >= 11 is 6.64. The zero-order valence-electron chi connectivity index (χ0n) is 25.4. The fourth-order valence-corrected chi connectivity index (χ4v) is 5.82. The van der Waals surface area contributed by atoms with Crippen molar-refractivity contribution < 1.29 is 24.9 Å². The molecule has 5 aromatic rings. The van der Waals surface area contributed by atoms with Crippen LogP contribution >= 0.6 is 11.6 Å². The number of carbonyl (C=O) groups is 1. The number of aliphatic hydroxyl groups excluding tert-OH is 3. The predicted molar refractivity (Wildman–Crippen MR) is 177 cm³/mol. The Labute approximate surface area is 271 Å². The van der Waals surface area contributed by atoms with E-state index in [-0.39, 0.29) is 25.8 Å². The molecule has 10 nitrogen and oxygen atoms in total. The van der Waals surface area contributed by atoms with Crippen LogP contribution in [0, 0.1) is 12.8 Å². The molecule has 0 bridgehead atoms. The van der Waals surface area contributed by atoms with E-state index in [2.05, 4.69) is 44.5 Å². The molecule has 5 N–H and O–H groups in total. The minimum Gasteiger partial charge on any atom is -0.426 e. The number of benzene rings is 3. The molecule has 3 heterocycles. The van der Waals surface area contributed by atoms with Crippen molar-refractivity contribution >= 4 is 29.1 Å². The van der Waals surface area contributed by atoms with Gasteiger partial charge in [0.15, 0.2) is 5.65 Å². The lowest BCUT2D eigenvalue weighted by molar-refractivity contribution is 0.0251. The predicted octanol–water partition coefficient (Wildman–Crippen LogP) is 4.60. The van der Waals surface area contributed by atoms with Crippen LogP contribution in [-0.2, 0) is 6.54 Å². The van der Waals surface area contributed by atoms with E-state index in [9.17, 15) is 20.1 Å². The van der Waals surface area contributed by atoms with Crippen molar-refractivity contribution in [2.24, 2.45) is 5.92 Å². The number of aromatic nitrogens is 3. The fourth-order valence-electron chi connectivity index (χ4n) is 5.56. The third kappa shape index (κ3) is 6.82. The Morgan fingerprint density at radius 1 is 0.957 bits per heavy atom. The molecule has 1 aliphatic rings. The largest absolute Gasteiger partial charge is 0.426 e. The van der Waals surface area contributed by atoms with Crippen LogP contribution in [0.15, 0.2) is 72.8 Å². The van der Waals surface area contributed by atoms with E-state index in [0.29, 0.717) is 45.7 Å². The Balaban J connectivity index is 1.07. The number of aromatic amines is 1. The Morgan fingerprint density at radius 3 is 2.26 bits per heavy atom. The molecular formula is C35H36ClN5O5. The standard InChI is InChI=1S/C35H36ClN5O5/c1-22-2-11-29(12-28(22)18-42)46-34-38-31-13-30(36)32(39-33(31)40-34)27-9-7-26(8-10-27)25-5-3-23(4-6-25)15-41-16-24(17-41)14-37-35(19-43,20-44)21-45/h2-13,18,24,37,43-45H,14-17,19-21H2,1H3,(H,38,39,40). The number of fused-ring (bicyclic) bond motifs is 1. The second kappa shape index (κ2) is 13.7. The molecule has 1 fully saturated rings. The van der Waals surface area contributed by atoms with Crippen LogP contribution in [0.1, 0.15) is 21.5 Å². The van der Waals surface area contributed by atoms with Crippen molar-refractivity contribution in [2.75, 3.05) is 39.5 Å². The monoisotopic (exact) mass is 641 g/mol. The Kier molecular flexibility index (Phi) is 9.46. The number of halogens is 1. The average Bonchev–Trinajstić information content (AvgIpc) is 3.45. The maximum Gasteiger partial charge on any atom is 0.301 e. The Morgan fingerprint density at radius 2 is 1.61 bits per heavy atom. The minimum absolute atomic E-state index is 0.256. The number of hydrogen-bond donors (Lipinski definition) is 5. The van der Waals surface area contributed by atoms with Gasteiger partial charge in [-0.25, -0.2) is 4.98 Å². The smallest absolute Gasteiger partial charge is 0.301 e. The van der Waals surface area contributed by atoms with Crippen LogP contribution in [0.4, 0.5) is 0 Å². The number of pyridine rings is 1. The van der Waals surface area contributed by atoms with Crippen LogP contribution < -0.4 is 10.1 Å². The molecule has 46 heavy (non-hydrogen) atoms. The van der Waals surface area contributed by atoms with Crippen molar-refractivity contribution in [3.05, 3.63) is 94.5 Å². The maximum absolute atomic E-state index is 11.3. The zero-order valence-corrected chi connectivity index (χ0v) is 26.2. The molecule has 1 aliphatic heterocycles. The van der Waals surface area contributed by atoms with Gasteiger partial charge in [-0.15, -0.1) is 0 Å². The maximum atomic E-state index is 11.3. The van der Waals surface area contributed by atoms with E-state index in [4.69, 9.17) is 21.3 Å². The van der Waals surface area contributed by atoms with Gasteiger partial charge >= 0.3 is 6.01 Å². The molecular weight excluding hydrogens is 606 g/mol. The van der Waals surface area contributed by atoms with E-state index < -0.39 is 5.54 Å². The van der Waals surface area contributed by atoms with Crippen molar-refractivity contribution in [2.45, 2.75) is 19.0 Å². The second-order valence-corrected chi connectivity index (χ2v) is 12.3. The van der Waals surface area contributed by atoms with E-state index in [0.717, 1.165) is 48.2 Å². The summed E-state index contributed by atoms with van der Waals surface area (Å²) in [5.74, 6) is 0.902. The highest BCUT2D eigenvalue weighted by atomic mass is 35.5. The van der Waals surface area contributed by atoms with Gasteiger partial charge in [-0.2, -0.15) is 4.98 Å². The lowest BCUT2D eigenvalue weighted by Gasteiger charge is -2.41. The lowest BCUT2D eigenvalue weighted by atomic mass is 9.96. The number of hydrogen-bond acceptors (Lipinski definition) is 9. The summed E-state index contributed by atoms with van der Waals surface area (Å²) in [6.07, 6.45) is 0.796. The molecule has 238 valence electrons. The van der Waals surface area contributed by atoms with E-state index >= 15 is 0 Å². The first-order valence-corrected chi connectivity index (χ1v) is 15.5. The van der Waals surface area contributed by atoms with Gasteiger partial charge < -0.3 is 30.4 Å². The molecule has 6 rings (SSSR count). The number of aliphatic hydroxyl groups is 3. The van der Waals surface area contributed by atoms with Crippen LogP contribution in [-0.4, -0.2) is 86.5 Å². The summed E-state index contributed by atoms with van der Waals surface area (Å²) in [4.78, 5) is 25.9. The van der Waals surface area contributed by atoms with E-state index in [1.54, 1.807) is 18.2 Å². The highest BCUT2D eigenvalue weighted by Gasteiger charge is 2.32. The molecule has 0 spiro atoms. The lowest BCUT2D eigenvalue weighted by Crippen LogP contribution is -2.59. The van der Waals surface area contributed by atoms with Gasteiger partial charge in [-0.3, -0.25) is 9.69 Å². The number of nitrogens with zero attached hydrogens (tertiary/aromatic N) is 3. The average molecular weight is 642 g/mol. The summed E-state index contributed by atoms with van der Waals surface area (Å²) in [5, 5.41) is 32.1. The first-order chi connectivity index (χ1) is 22.3. The molecule has 0 amide bonds. The molecule has 2 aromatic heterocycles. The molecule has 0 atom stereocenters. The van der Waals surface area contributed by atoms with Crippen LogP contribution in [0.3, 0.4) is 0 Å². The van der Waals surface area contributed by atoms with Crippen molar-refractivity contribution in [1.29, 1.82) is 0 Å². The first-order valence-electron chi connectivity index (χ1n) is 15.1. The summed E-state index contributed by atoms with van der Waals surface area (Å²) in [6, 6.07) is 23.9. The summed E-state index contributed by atoms with van der Waals surface area (Å²) < 4.78 is 5.85. The second-order valence-electron chi connectivity index (χ2n) is 11.9. The molecule has 3 aromatic carbocycles. The van der Waals surface area contributed by atoms with Gasteiger partial charge in [-0.1, -0.05) is 66.2 Å². The summed E-state index contributed by atoms with van der Waals surface area (Å²) in [6.45, 7) is 4.24. The summed E-state index contributed by atoms with van der Waals surface area (Å²) in [5.41, 5.74) is 6.38. The van der Waals surface area contributed by atoms with Gasteiger partial charge in [-0.05, 0) is 53.3 Å². The molecule has 11 heteroatoms. The molecule has 0 saturated carbocycles. The highest BCUT2D eigenvalue weighted by molar-refractivity contribution is 6.33. The van der Waals surface area contributed by atoms with Crippen molar-refractivity contribution in [3.8, 4) is 34.1 Å². The van der Waals surface area contributed by atoms with Gasteiger partial charge in [0.2, 0.25) is 0 Å². The third-order valence-electron chi connectivity index (χ3n) is 8.56. The number of aryl methyl sites for hydroxylation is 1. The van der Waals surface area contributed by atoms with Gasteiger partial charge in [0.1, 0.15) is 12.0 Å². The topological polar surface area (TPSA) is 144 Å². The fraction of sp³-hybridized carbons (Fsp3) is 0.286. The van der Waals surface area contributed by atoms with Crippen LogP contribution in [0.2, 0.25) is 5.02 Å². The van der Waals surface area contributed by atoms with E-state index in [1.165, 1.54) is 5.56 Å². The Hall–Kier alpha value is -4.16. The number of rotatable bonds is 13. The number of imidazole rings is 1. The number of aldehydes is 1. The number of likely N-dealkylation sites (tertiary alicyclic amines) is 1. The van der Waals surface area contributed by atoms with Crippen molar-refractivity contribution in [3.63, 3.8) is 0 Å². The third-order valence-corrected chi connectivity index (χ3v) is 8.84.